The Morgan fingerprint density at radius 1 is 1.71 bits per heavy atom. The van der Waals surface area contributed by atoms with E-state index in [1.54, 1.807) is 11.9 Å². The minimum Gasteiger partial charge on any atom is -0.409 e. The molecule has 1 saturated carbocycles. The third kappa shape index (κ3) is 2.61. The molecular weight excluding hydrogens is 182 g/mol. The second kappa shape index (κ2) is 4.30. The summed E-state index contributed by atoms with van der Waals surface area (Å²) >= 11 is 0. The fourth-order valence-electron chi connectivity index (χ4n) is 1.39. The maximum atomic E-state index is 11.6. The average molecular weight is 199 g/mol. The lowest BCUT2D eigenvalue weighted by Crippen LogP contribution is -2.31. The number of hydrogen-bond donors (Lipinski definition) is 2. The lowest BCUT2D eigenvalue weighted by Gasteiger charge is -2.16. The fourth-order valence-corrected chi connectivity index (χ4v) is 1.39. The molecule has 1 fully saturated rings. The van der Waals surface area contributed by atoms with Crippen LogP contribution in [-0.4, -0.2) is 35.4 Å². The van der Waals surface area contributed by atoms with Crippen LogP contribution in [0.5, 0.6) is 0 Å². The molecule has 0 heterocycles. The molecular formula is C9H17N3O2. The van der Waals surface area contributed by atoms with Crippen LogP contribution >= 0.6 is 0 Å². The number of rotatable bonds is 4. The predicted molar refractivity (Wildman–Crippen MR) is 52.9 cm³/mol. The highest BCUT2D eigenvalue weighted by atomic mass is 16.4. The molecule has 80 valence electrons. The van der Waals surface area contributed by atoms with Crippen LogP contribution in [0.2, 0.25) is 0 Å². The number of amidine groups is 1. The van der Waals surface area contributed by atoms with E-state index in [2.05, 4.69) is 12.1 Å². The number of oxime groups is 1. The highest BCUT2D eigenvalue weighted by molar-refractivity contribution is 5.83. The van der Waals surface area contributed by atoms with Gasteiger partial charge in [-0.15, -0.1) is 0 Å². The zero-order valence-electron chi connectivity index (χ0n) is 8.60. The van der Waals surface area contributed by atoms with Gasteiger partial charge >= 0.3 is 0 Å². The van der Waals surface area contributed by atoms with Crippen LogP contribution < -0.4 is 5.73 Å². The Labute approximate surface area is 83.6 Å². The Balaban J connectivity index is 2.28. The number of nitrogens with zero attached hydrogens (tertiary/aromatic N) is 2. The summed E-state index contributed by atoms with van der Waals surface area (Å²) in [5, 5.41) is 11.2. The van der Waals surface area contributed by atoms with Crippen LogP contribution in [0.1, 0.15) is 19.8 Å². The molecule has 0 bridgehead atoms. The highest BCUT2D eigenvalue weighted by Gasteiger charge is 2.40. The van der Waals surface area contributed by atoms with Gasteiger partial charge in [-0.1, -0.05) is 12.1 Å². The van der Waals surface area contributed by atoms with Gasteiger partial charge < -0.3 is 15.8 Å². The molecule has 0 radical (unpaired) electrons. The topological polar surface area (TPSA) is 78.9 Å². The van der Waals surface area contributed by atoms with Gasteiger partial charge in [0.05, 0.1) is 0 Å². The smallest absolute Gasteiger partial charge is 0.225 e. The molecule has 14 heavy (non-hydrogen) atoms. The first-order valence-corrected chi connectivity index (χ1v) is 4.77. The number of amides is 1. The Kier molecular flexibility index (Phi) is 3.33. The summed E-state index contributed by atoms with van der Waals surface area (Å²) in [6.45, 7) is 2.58. The molecule has 0 spiro atoms. The van der Waals surface area contributed by atoms with E-state index in [0.29, 0.717) is 18.9 Å². The highest BCUT2D eigenvalue weighted by Crippen LogP contribution is 2.38. The number of nitrogens with two attached hydrogens (primary N) is 1. The number of carbonyl (C=O) groups excluding carboxylic acids is 1. The van der Waals surface area contributed by atoms with Crippen molar-refractivity contribution in [3.8, 4) is 0 Å². The van der Waals surface area contributed by atoms with E-state index in [1.807, 2.05) is 0 Å². The van der Waals surface area contributed by atoms with E-state index >= 15 is 0 Å². The summed E-state index contributed by atoms with van der Waals surface area (Å²) in [4.78, 5) is 13.2. The summed E-state index contributed by atoms with van der Waals surface area (Å²) in [5.74, 6) is 1.05. The maximum Gasteiger partial charge on any atom is 0.225 e. The van der Waals surface area contributed by atoms with Crippen molar-refractivity contribution in [2.75, 3.05) is 13.6 Å². The summed E-state index contributed by atoms with van der Waals surface area (Å²) in [6.07, 6.45) is 1.41. The van der Waals surface area contributed by atoms with Gasteiger partial charge in [0.25, 0.3) is 0 Å². The molecule has 2 unspecified atom stereocenters. The van der Waals surface area contributed by atoms with Gasteiger partial charge in [0.15, 0.2) is 0 Å². The van der Waals surface area contributed by atoms with Crippen molar-refractivity contribution in [1.82, 2.24) is 4.90 Å². The molecule has 1 aliphatic carbocycles. The van der Waals surface area contributed by atoms with Gasteiger partial charge in [-0.3, -0.25) is 4.79 Å². The van der Waals surface area contributed by atoms with Crippen molar-refractivity contribution in [3.05, 3.63) is 0 Å². The Hall–Kier alpha value is -1.26. The van der Waals surface area contributed by atoms with E-state index in [0.717, 1.165) is 6.42 Å². The average Bonchev–Trinajstić information content (AvgIpc) is 2.90. The van der Waals surface area contributed by atoms with Crippen molar-refractivity contribution >= 4 is 11.7 Å². The molecule has 0 aliphatic heterocycles. The van der Waals surface area contributed by atoms with Crippen LogP contribution in [0, 0.1) is 11.8 Å². The van der Waals surface area contributed by atoms with Crippen molar-refractivity contribution in [2.24, 2.45) is 22.7 Å². The third-order valence-electron chi connectivity index (χ3n) is 2.63. The van der Waals surface area contributed by atoms with E-state index in [1.165, 1.54) is 0 Å². The molecule has 0 aromatic heterocycles. The summed E-state index contributed by atoms with van der Waals surface area (Å²) in [7, 11) is 1.75. The number of carbonyl (C=O) groups is 1. The van der Waals surface area contributed by atoms with E-state index < -0.39 is 0 Å². The van der Waals surface area contributed by atoms with E-state index in [4.69, 9.17) is 10.9 Å². The summed E-state index contributed by atoms with van der Waals surface area (Å²) in [6, 6.07) is 0. The van der Waals surface area contributed by atoms with Crippen LogP contribution in [0.3, 0.4) is 0 Å². The lowest BCUT2D eigenvalue weighted by atomic mass is 10.3. The Morgan fingerprint density at radius 3 is 2.71 bits per heavy atom. The van der Waals surface area contributed by atoms with Gasteiger partial charge in [0.1, 0.15) is 5.84 Å². The first-order chi connectivity index (χ1) is 6.56. The minimum atomic E-state index is 0.161. The second-order valence-corrected chi connectivity index (χ2v) is 3.92. The molecule has 5 nitrogen and oxygen atoms in total. The molecule has 5 heteroatoms. The number of hydrogen-bond acceptors (Lipinski definition) is 3. The van der Waals surface area contributed by atoms with Gasteiger partial charge in [-0.05, 0) is 12.3 Å². The van der Waals surface area contributed by atoms with E-state index in [9.17, 15) is 4.79 Å². The molecule has 1 amide bonds. The fraction of sp³-hybridized carbons (Fsp3) is 0.778. The SMILES string of the molecule is CC1CC1C(=O)N(C)CC/C(N)=N/O. The predicted octanol–water partition coefficient (Wildman–Crippen LogP) is 0.237. The van der Waals surface area contributed by atoms with Crippen molar-refractivity contribution in [3.63, 3.8) is 0 Å². The Bertz CT molecular complexity index is 252. The maximum absolute atomic E-state index is 11.6. The molecule has 2 atom stereocenters. The Morgan fingerprint density at radius 2 is 2.29 bits per heavy atom. The third-order valence-corrected chi connectivity index (χ3v) is 2.63. The van der Waals surface area contributed by atoms with Crippen molar-refractivity contribution < 1.29 is 10.0 Å². The zero-order valence-corrected chi connectivity index (χ0v) is 8.60. The standard InChI is InChI=1S/C9H17N3O2/c1-6-5-7(6)9(13)12(2)4-3-8(10)11-14/h6-7,14H,3-5H2,1-2H3,(H2,10,11). The second-order valence-electron chi connectivity index (χ2n) is 3.92. The quantitative estimate of drug-likeness (QED) is 0.294. The van der Waals surface area contributed by atoms with Crippen LogP contribution in [-0.2, 0) is 4.79 Å². The largest absolute Gasteiger partial charge is 0.409 e. The van der Waals surface area contributed by atoms with Crippen LogP contribution in [0.25, 0.3) is 0 Å². The monoisotopic (exact) mass is 199 g/mol. The zero-order chi connectivity index (χ0) is 10.7. The van der Waals surface area contributed by atoms with Crippen LogP contribution in [0.15, 0.2) is 5.16 Å². The minimum absolute atomic E-state index is 0.161. The lowest BCUT2D eigenvalue weighted by molar-refractivity contribution is -0.131. The van der Waals surface area contributed by atoms with E-state index in [-0.39, 0.29) is 17.7 Å². The normalized spacial score (nSPS) is 26.0. The molecule has 0 aromatic rings. The first kappa shape index (κ1) is 10.8. The van der Waals surface area contributed by atoms with Crippen molar-refractivity contribution in [2.45, 2.75) is 19.8 Å². The van der Waals surface area contributed by atoms with Gasteiger partial charge in [0.2, 0.25) is 5.91 Å². The molecule has 1 aliphatic rings. The first-order valence-electron chi connectivity index (χ1n) is 4.77. The molecule has 1 rings (SSSR count). The molecule has 0 saturated heterocycles. The molecule has 0 aromatic carbocycles. The summed E-state index contributed by atoms with van der Waals surface area (Å²) < 4.78 is 0. The van der Waals surface area contributed by atoms with Gasteiger partial charge in [-0.25, -0.2) is 0 Å². The van der Waals surface area contributed by atoms with Gasteiger partial charge in [-0.2, -0.15) is 0 Å². The van der Waals surface area contributed by atoms with Crippen LogP contribution in [0.4, 0.5) is 0 Å². The summed E-state index contributed by atoms with van der Waals surface area (Å²) in [5.41, 5.74) is 5.30. The molecule has 3 N–H and O–H groups in total. The van der Waals surface area contributed by atoms with Gasteiger partial charge in [0, 0.05) is 25.9 Å². The van der Waals surface area contributed by atoms with Crippen molar-refractivity contribution in [1.29, 1.82) is 0 Å².